The molecular formula is C18H27FN2O3. The van der Waals surface area contributed by atoms with Gasteiger partial charge >= 0.3 is 6.03 Å². The van der Waals surface area contributed by atoms with E-state index >= 15 is 0 Å². The van der Waals surface area contributed by atoms with Gasteiger partial charge in [-0.15, -0.1) is 0 Å². The largest absolute Gasteiger partial charge is 0.496 e. The monoisotopic (exact) mass is 338 g/mol. The second-order valence-corrected chi connectivity index (χ2v) is 6.55. The van der Waals surface area contributed by atoms with Crippen molar-refractivity contribution in [3.8, 4) is 5.75 Å². The van der Waals surface area contributed by atoms with Crippen molar-refractivity contribution in [1.82, 2.24) is 10.2 Å². The number of benzene rings is 1. The number of hydrogen-bond acceptors (Lipinski definition) is 3. The minimum Gasteiger partial charge on any atom is -0.496 e. The first kappa shape index (κ1) is 18.5. The van der Waals surface area contributed by atoms with Crippen LogP contribution in [0.15, 0.2) is 18.2 Å². The van der Waals surface area contributed by atoms with Gasteiger partial charge in [0.05, 0.1) is 19.3 Å². The van der Waals surface area contributed by atoms with Gasteiger partial charge in [-0.05, 0) is 38.0 Å². The Labute approximate surface area is 142 Å². The van der Waals surface area contributed by atoms with Crippen molar-refractivity contribution in [3.63, 3.8) is 0 Å². The molecule has 0 radical (unpaired) electrons. The maximum absolute atomic E-state index is 13.5. The number of urea groups is 1. The number of carbonyl (C=O) groups is 1. The van der Waals surface area contributed by atoms with E-state index in [1.165, 1.54) is 19.2 Å². The van der Waals surface area contributed by atoms with Gasteiger partial charge in [-0.1, -0.05) is 12.8 Å². The lowest BCUT2D eigenvalue weighted by molar-refractivity contribution is 0.0563. The van der Waals surface area contributed by atoms with Crippen LogP contribution in [0.5, 0.6) is 5.75 Å². The van der Waals surface area contributed by atoms with Crippen LogP contribution in [-0.4, -0.2) is 42.8 Å². The zero-order chi connectivity index (χ0) is 17.7. The number of nitrogens with one attached hydrogen (secondary N) is 1. The smallest absolute Gasteiger partial charge is 0.317 e. The Morgan fingerprint density at radius 2 is 2.17 bits per heavy atom. The summed E-state index contributed by atoms with van der Waals surface area (Å²) in [5.41, 5.74) is 0.594. The number of carbonyl (C=O) groups excluding carboxylic acids is 1. The molecule has 2 N–H and O–H groups in total. The van der Waals surface area contributed by atoms with Crippen LogP contribution in [-0.2, 0) is 0 Å². The van der Waals surface area contributed by atoms with Gasteiger partial charge in [0, 0.05) is 25.1 Å². The van der Waals surface area contributed by atoms with E-state index in [9.17, 15) is 14.3 Å². The third-order valence-electron chi connectivity index (χ3n) is 4.72. The third kappa shape index (κ3) is 4.60. The topological polar surface area (TPSA) is 61.8 Å². The molecule has 6 heteroatoms. The predicted molar refractivity (Wildman–Crippen MR) is 90.5 cm³/mol. The molecule has 1 aliphatic carbocycles. The van der Waals surface area contributed by atoms with Crippen LogP contribution in [0, 0.1) is 11.7 Å². The van der Waals surface area contributed by atoms with Gasteiger partial charge in [0.2, 0.25) is 0 Å². The summed E-state index contributed by atoms with van der Waals surface area (Å²) in [4.78, 5) is 14.0. The van der Waals surface area contributed by atoms with Gasteiger partial charge in [0.15, 0.2) is 0 Å². The fourth-order valence-electron chi connectivity index (χ4n) is 3.25. The van der Waals surface area contributed by atoms with Crippen molar-refractivity contribution in [2.75, 3.05) is 20.7 Å². The fraction of sp³-hybridized carbons (Fsp3) is 0.611. The number of methoxy groups -OCH3 is 1. The zero-order valence-electron chi connectivity index (χ0n) is 14.6. The van der Waals surface area contributed by atoms with Crippen LogP contribution in [0.3, 0.4) is 0 Å². The van der Waals surface area contributed by atoms with Gasteiger partial charge in [0.25, 0.3) is 0 Å². The molecule has 1 aromatic carbocycles. The highest BCUT2D eigenvalue weighted by molar-refractivity contribution is 5.74. The Balaban J connectivity index is 1.96. The van der Waals surface area contributed by atoms with Gasteiger partial charge in [0.1, 0.15) is 11.6 Å². The van der Waals surface area contributed by atoms with Crippen LogP contribution in [0.1, 0.15) is 44.2 Å². The number of halogens is 1. The molecule has 0 bridgehead atoms. The number of aliphatic hydroxyl groups is 1. The Morgan fingerprint density at radius 3 is 2.83 bits per heavy atom. The Bertz CT molecular complexity index is 567. The molecule has 5 nitrogen and oxygen atoms in total. The Morgan fingerprint density at radius 1 is 1.46 bits per heavy atom. The average molecular weight is 338 g/mol. The lowest BCUT2D eigenvalue weighted by Crippen LogP contribution is -2.43. The minimum atomic E-state index is -0.387. The molecule has 3 unspecified atom stereocenters. The summed E-state index contributed by atoms with van der Waals surface area (Å²) < 4.78 is 18.7. The SMILES string of the molecule is COc1ccc(F)cc1C(C)NC(=O)N(C)CC1CCCCC1O. The Kier molecular flexibility index (Phi) is 6.43. The molecule has 1 saturated carbocycles. The maximum Gasteiger partial charge on any atom is 0.317 e. The number of aliphatic hydroxyl groups excluding tert-OH is 1. The van der Waals surface area contributed by atoms with E-state index in [1.807, 2.05) is 0 Å². The number of rotatable bonds is 5. The molecule has 134 valence electrons. The van der Waals surface area contributed by atoms with E-state index in [2.05, 4.69) is 5.32 Å². The lowest BCUT2D eigenvalue weighted by Gasteiger charge is -2.31. The van der Waals surface area contributed by atoms with Crippen LogP contribution in [0.2, 0.25) is 0 Å². The van der Waals surface area contributed by atoms with Gasteiger partial charge in [-0.2, -0.15) is 0 Å². The summed E-state index contributed by atoms with van der Waals surface area (Å²) in [5.74, 6) is 0.286. The van der Waals surface area contributed by atoms with E-state index in [0.717, 1.165) is 25.7 Å². The molecular weight excluding hydrogens is 311 g/mol. The van der Waals surface area contributed by atoms with Crippen molar-refractivity contribution < 1.29 is 19.0 Å². The molecule has 24 heavy (non-hydrogen) atoms. The molecule has 3 atom stereocenters. The average Bonchev–Trinajstić information content (AvgIpc) is 2.56. The van der Waals surface area contributed by atoms with E-state index in [1.54, 1.807) is 24.9 Å². The summed E-state index contributed by atoms with van der Waals surface area (Å²) in [7, 11) is 3.23. The molecule has 0 heterocycles. The molecule has 0 spiro atoms. The number of ether oxygens (including phenoxy) is 1. The van der Waals surface area contributed by atoms with Crippen molar-refractivity contribution in [2.24, 2.45) is 5.92 Å². The summed E-state index contributed by atoms with van der Waals surface area (Å²) in [6.07, 6.45) is 3.54. The van der Waals surface area contributed by atoms with Gasteiger partial charge in [-0.3, -0.25) is 0 Å². The first-order valence-electron chi connectivity index (χ1n) is 8.45. The van der Waals surface area contributed by atoms with Crippen molar-refractivity contribution in [3.05, 3.63) is 29.6 Å². The number of nitrogens with zero attached hydrogens (tertiary/aromatic N) is 1. The van der Waals surface area contributed by atoms with Gasteiger partial charge < -0.3 is 20.1 Å². The first-order valence-corrected chi connectivity index (χ1v) is 8.45. The number of hydrogen-bond donors (Lipinski definition) is 2. The van der Waals surface area contributed by atoms with Crippen LogP contribution in [0.4, 0.5) is 9.18 Å². The highest BCUT2D eigenvalue weighted by Crippen LogP contribution is 2.27. The quantitative estimate of drug-likeness (QED) is 0.867. The highest BCUT2D eigenvalue weighted by Gasteiger charge is 2.26. The van der Waals surface area contributed by atoms with E-state index in [-0.39, 0.29) is 29.9 Å². The van der Waals surface area contributed by atoms with Crippen LogP contribution < -0.4 is 10.1 Å². The molecule has 0 aromatic heterocycles. The molecule has 0 aliphatic heterocycles. The summed E-state index contributed by atoms with van der Waals surface area (Å²) >= 11 is 0. The van der Waals surface area contributed by atoms with Crippen molar-refractivity contribution in [2.45, 2.75) is 44.8 Å². The highest BCUT2D eigenvalue weighted by atomic mass is 19.1. The van der Waals surface area contributed by atoms with Crippen molar-refractivity contribution >= 4 is 6.03 Å². The molecule has 2 amide bonds. The first-order chi connectivity index (χ1) is 11.4. The van der Waals surface area contributed by atoms with Crippen LogP contribution in [0.25, 0.3) is 0 Å². The fourth-order valence-corrected chi connectivity index (χ4v) is 3.25. The van der Waals surface area contributed by atoms with Gasteiger partial charge in [-0.25, -0.2) is 9.18 Å². The Hall–Kier alpha value is -1.82. The lowest BCUT2D eigenvalue weighted by atomic mass is 9.86. The standard InChI is InChI=1S/C18H27FN2O3/c1-12(15-10-14(19)8-9-17(15)24-3)20-18(23)21(2)11-13-6-4-5-7-16(13)22/h8-10,12-13,16,22H,4-7,11H2,1-3H3,(H,20,23). The molecule has 2 rings (SSSR count). The zero-order valence-corrected chi connectivity index (χ0v) is 14.6. The van der Waals surface area contributed by atoms with E-state index in [4.69, 9.17) is 4.74 Å². The van der Waals surface area contributed by atoms with Crippen molar-refractivity contribution in [1.29, 1.82) is 0 Å². The normalized spacial score (nSPS) is 21.9. The molecule has 1 fully saturated rings. The van der Waals surface area contributed by atoms with E-state index in [0.29, 0.717) is 17.9 Å². The van der Waals surface area contributed by atoms with E-state index < -0.39 is 0 Å². The molecule has 0 saturated heterocycles. The number of amides is 2. The summed E-state index contributed by atoms with van der Waals surface area (Å²) in [6, 6.07) is 3.62. The molecule has 1 aromatic rings. The second kappa shape index (κ2) is 8.33. The third-order valence-corrected chi connectivity index (χ3v) is 4.72. The minimum absolute atomic E-state index is 0.119. The van der Waals surface area contributed by atoms with Crippen LogP contribution >= 0.6 is 0 Å². The summed E-state index contributed by atoms with van der Waals surface area (Å²) in [6.45, 7) is 2.30. The molecule has 1 aliphatic rings. The second-order valence-electron chi connectivity index (χ2n) is 6.55. The maximum atomic E-state index is 13.5. The predicted octanol–water partition coefficient (Wildman–Crippen LogP) is 3.09. The summed E-state index contributed by atoms with van der Waals surface area (Å²) in [5, 5.41) is 12.9.